The summed E-state index contributed by atoms with van der Waals surface area (Å²) in [5, 5.41) is 34.0. The van der Waals surface area contributed by atoms with Gasteiger partial charge in [0.05, 0.1) is 17.1 Å². The highest BCUT2D eigenvalue weighted by atomic mass is 15.5. The Morgan fingerprint density at radius 2 is 0.824 bits per heavy atom. The number of nitrogens with zero attached hydrogens (tertiary/aromatic N) is 10. The largest absolute Gasteiger partial charge is 0.304 e. The smallest absolute Gasteiger partial charge is 0.137 e. The Morgan fingerprint density at radius 1 is 0.373 bits per heavy atom. The summed E-state index contributed by atoms with van der Waals surface area (Å²) >= 11 is 0. The molecule has 0 aliphatic heterocycles. The molecule has 244 valence electrons. The summed E-state index contributed by atoms with van der Waals surface area (Å²) in [6.07, 6.45) is 0. The van der Waals surface area contributed by atoms with Crippen LogP contribution in [0.25, 0.3) is 76.9 Å². The van der Waals surface area contributed by atoms with Crippen LogP contribution in [-0.4, -0.2) is 45.0 Å². The molecule has 0 radical (unpaired) electrons. The van der Waals surface area contributed by atoms with Gasteiger partial charge in [0.2, 0.25) is 0 Å². The molecule has 0 saturated carbocycles. The molecule has 0 spiro atoms. The molecule has 0 aliphatic rings. The first-order valence-corrected chi connectivity index (χ1v) is 16.8. The van der Waals surface area contributed by atoms with Crippen LogP contribution < -0.4 is 4.90 Å². The first-order valence-electron chi connectivity index (χ1n) is 16.8. The molecule has 7 aromatic carbocycles. The second kappa shape index (κ2) is 11.0. The summed E-state index contributed by atoms with van der Waals surface area (Å²) in [5.41, 5.74) is 11.3. The number of benzene rings is 7. The van der Waals surface area contributed by atoms with E-state index in [2.05, 4.69) is 125 Å². The number of aryl methyl sites for hydroxylation is 3. The van der Waals surface area contributed by atoms with E-state index < -0.39 is 0 Å². The maximum atomic E-state index is 4.98. The third-order valence-electron chi connectivity index (χ3n) is 9.57. The summed E-state index contributed by atoms with van der Waals surface area (Å²) in [6, 6.07) is 44.4. The number of aromatic nitrogens is 9. The SMILES string of the molecule is Cn1nc2cccc(N(c3ccc(-c4ccc5ccccc5c4)c4nn(C)nc34)c3ccc(-c4ccc5ccccc5c4)c4nn(C)nc34)c2n1. The molecule has 0 N–H and O–H groups in total. The lowest BCUT2D eigenvalue weighted by molar-refractivity contribution is 0.665. The number of hydrogen-bond acceptors (Lipinski definition) is 7. The zero-order valence-corrected chi connectivity index (χ0v) is 28.1. The van der Waals surface area contributed by atoms with E-state index in [1.54, 1.807) is 14.4 Å². The van der Waals surface area contributed by atoms with Crippen molar-refractivity contribution in [2.24, 2.45) is 21.1 Å². The molecule has 0 unspecified atom stereocenters. The number of fused-ring (bicyclic) bond motifs is 5. The van der Waals surface area contributed by atoms with Crippen LogP contribution in [0.4, 0.5) is 17.1 Å². The Kier molecular flexibility index (Phi) is 6.28. The van der Waals surface area contributed by atoms with Crippen LogP contribution in [0.15, 0.2) is 127 Å². The minimum atomic E-state index is 0.750. The Labute approximate surface area is 291 Å². The fourth-order valence-electron chi connectivity index (χ4n) is 7.30. The van der Waals surface area contributed by atoms with Crippen molar-refractivity contribution in [3.63, 3.8) is 0 Å². The molecule has 10 rings (SSSR count). The van der Waals surface area contributed by atoms with Gasteiger partial charge in [0, 0.05) is 32.3 Å². The summed E-state index contributed by atoms with van der Waals surface area (Å²) in [7, 11) is 5.56. The van der Waals surface area contributed by atoms with Gasteiger partial charge in [0.15, 0.2) is 0 Å². The van der Waals surface area contributed by atoms with E-state index in [0.29, 0.717) is 0 Å². The van der Waals surface area contributed by atoms with Crippen molar-refractivity contribution in [1.82, 2.24) is 45.0 Å². The molecule has 0 saturated heterocycles. The quantitative estimate of drug-likeness (QED) is 0.182. The second-order valence-electron chi connectivity index (χ2n) is 12.8. The first kappa shape index (κ1) is 29.0. The van der Waals surface area contributed by atoms with Crippen LogP contribution in [0.1, 0.15) is 0 Å². The number of hydrogen-bond donors (Lipinski definition) is 0. The Bertz CT molecular complexity index is 2820. The van der Waals surface area contributed by atoms with Gasteiger partial charge in [-0.25, -0.2) is 0 Å². The third kappa shape index (κ3) is 4.64. The topological polar surface area (TPSA) is 95.4 Å². The molecular weight excluding hydrogens is 633 g/mol. The lowest BCUT2D eigenvalue weighted by Gasteiger charge is -2.26. The van der Waals surface area contributed by atoms with Gasteiger partial charge < -0.3 is 4.90 Å². The van der Waals surface area contributed by atoms with Gasteiger partial charge in [-0.15, -0.1) is 0 Å². The molecule has 0 aliphatic carbocycles. The fourth-order valence-corrected chi connectivity index (χ4v) is 7.30. The van der Waals surface area contributed by atoms with E-state index in [-0.39, 0.29) is 0 Å². The van der Waals surface area contributed by atoms with Gasteiger partial charge >= 0.3 is 0 Å². The van der Waals surface area contributed by atoms with Crippen molar-refractivity contribution in [3.05, 3.63) is 127 Å². The predicted octanol–water partition coefficient (Wildman–Crippen LogP) is 8.64. The molecular formula is C41H30N10. The summed E-state index contributed by atoms with van der Waals surface area (Å²) in [4.78, 5) is 7.06. The average Bonchev–Trinajstić information content (AvgIpc) is 3.86. The standard InChI is InChI=1S/C41H30N10/c1-48-42-33-13-8-14-34(39(33)45-48)51(35-21-19-31(37-40(35)46-49(2)43-37)29-17-15-25-9-4-6-11-27(25)23-29)36-22-20-32(38-41(36)47-50(3)44-38)30-18-16-26-10-5-7-12-28(26)24-30/h4-24H,1-3H3. The van der Waals surface area contributed by atoms with Gasteiger partial charge in [-0.3, -0.25) is 0 Å². The zero-order chi connectivity index (χ0) is 34.2. The Morgan fingerprint density at radius 3 is 1.37 bits per heavy atom. The molecule has 0 atom stereocenters. The lowest BCUT2D eigenvalue weighted by Crippen LogP contribution is -2.12. The molecule has 0 fully saturated rings. The normalized spacial score (nSPS) is 11.8. The van der Waals surface area contributed by atoms with Gasteiger partial charge in [0.1, 0.15) is 33.1 Å². The maximum absolute atomic E-state index is 4.98. The van der Waals surface area contributed by atoms with Crippen molar-refractivity contribution < 1.29 is 0 Å². The van der Waals surface area contributed by atoms with Gasteiger partial charge in [-0.2, -0.15) is 45.0 Å². The molecule has 10 nitrogen and oxygen atoms in total. The van der Waals surface area contributed by atoms with Gasteiger partial charge in [0.25, 0.3) is 0 Å². The van der Waals surface area contributed by atoms with Crippen LogP contribution in [0.5, 0.6) is 0 Å². The first-order chi connectivity index (χ1) is 25.0. The van der Waals surface area contributed by atoms with Crippen molar-refractivity contribution in [2.45, 2.75) is 0 Å². The van der Waals surface area contributed by atoms with E-state index in [0.717, 1.165) is 72.4 Å². The summed E-state index contributed by atoms with van der Waals surface area (Å²) in [5.74, 6) is 0. The van der Waals surface area contributed by atoms with Gasteiger partial charge in [-0.1, -0.05) is 78.9 Å². The number of rotatable bonds is 5. The van der Waals surface area contributed by atoms with Crippen molar-refractivity contribution >= 4 is 71.7 Å². The maximum Gasteiger partial charge on any atom is 0.137 e. The Hall–Kier alpha value is -6.94. The van der Waals surface area contributed by atoms with Crippen molar-refractivity contribution in [1.29, 1.82) is 0 Å². The predicted molar refractivity (Wildman–Crippen MR) is 203 cm³/mol. The zero-order valence-electron chi connectivity index (χ0n) is 28.1. The van der Waals surface area contributed by atoms with E-state index in [4.69, 9.17) is 25.5 Å². The van der Waals surface area contributed by atoms with Crippen LogP contribution in [0.2, 0.25) is 0 Å². The summed E-state index contributed by atoms with van der Waals surface area (Å²) in [6.45, 7) is 0. The van der Waals surface area contributed by atoms with Crippen molar-refractivity contribution in [2.75, 3.05) is 4.90 Å². The Balaban J connectivity index is 1.23. The average molecular weight is 663 g/mol. The van der Waals surface area contributed by atoms with Crippen LogP contribution in [0.3, 0.4) is 0 Å². The van der Waals surface area contributed by atoms with Crippen LogP contribution in [-0.2, 0) is 21.1 Å². The van der Waals surface area contributed by atoms with E-state index in [9.17, 15) is 0 Å². The molecule has 10 heteroatoms. The van der Waals surface area contributed by atoms with Crippen LogP contribution in [0, 0.1) is 0 Å². The molecule has 0 bridgehead atoms. The van der Waals surface area contributed by atoms with E-state index in [1.807, 2.05) is 33.3 Å². The molecule has 3 aromatic heterocycles. The van der Waals surface area contributed by atoms with E-state index in [1.165, 1.54) is 21.5 Å². The van der Waals surface area contributed by atoms with Crippen LogP contribution >= 0.6 is 0 Å². The minimum Gasteiger partial charge on any atom is -0.304 e. The number of anilines is 3. The van der Waals surface area contributed by atoms with Crippen molar-refractivity contribution in [3.8, 4) is 22.3 Å². The fraction of sp³-hybridized carbons (Fsp3) is 0.0732. The monoisotopic (exact) mass is 662 g/mol. The highest BCUT2D eigenvalue weighted by Gasteiger charge is 2.27. The molecule has 3 heterocycles. The second-order valence-corrected chi connectivity index (χ2v) is 12.8. The highest BCUT2D eigenvalue weighted by molar-refractivity contribution is 6.10. The van der Waals surface area contributed by atoms with E-state index >= 15 is 0 Å². The lowest BCUT2D eigenvalue weighted by atomic mass is 9.98. The molecule has 0 amide bonds. The minimum absolute atomic E-state index is 0.750. The van der Waals surface area contributed by atoms with Gasteiger partial charge in [-0.05, 0) is 81.2 Å². The molecule has 51 heavy (non-hydrogen) atoms. The summed E-state index contributed by atoms with van der Waals surface area (Å²) < 4.78 is 0. The highest BCUT2D eigenvalue weighted by Crippen LogP contribution is 2.46. The third-order valence-corrected chi connectivity index (χ3v) is 9.57. The molecule has 10 aromatic rings.